The predicted octanol–water partition coefficient (Wildman–Crippen LogP) is 2.40. The van der Waals surface area contributed by atoms with Gasteiger partial charge in [0, 0.05) is 13.2 Å². The Morgan fingerprint density at radius 1 is 1.50 bits per heavy atom. The first-order chi connectivity index (χ1) is 4.77. The molecule has 0 aliphatic carbocycles. The molecule has 59 valence electrons. The van der Waals surface area contributed by atoms with Crippen molar-refractivity contribution in [3.63, 3.8) is 0 Å². The van der Waals surface area contributed by atoms with Gasteiger partial charge in [0.25, 0.3) is 6.08 Å². The number of hydrogen-bond acceptors (Lipinski definition) is 1. The second kappa shape index (κ2) is 6.68. The summed E-state index contributed by atoms with van der Waals surface area (Å²) in [4.78, 5) is 0. The van der Waals surface area contributed by atoms with Gasteiger partial charge in [-0.25, -0.2) is 0 Å². The molecule has 0 aromatic carbocycles. The molecule has 0 rings (SSSR count). The third-order valence-electron chi connectivity index (χ3n) is 0.936. The van der Waals surface area contributed by atoms with Crippen molar-refractivity contribution in [1.29, 1.82) is 0 Å². The Morgan fingerprint density at radius 3 is 2.70 bits per heavy atom. The first-order valence-electron chi connectivity index (χ1n) is 3.15. The van der Waals surface area contributed by atoms with Crippen LogP contribution in [0.3, 0.4) is 0 Å². The molecule has 0 atom stereocenters. The van der Waals surface area contributed by atoms with Crippen LogP contribution in [0.15, 0.2) is 12.2 Å². The zero-order valence-electron chi connectivity index (χ0n) is 5.78. The molecule has 10 heavy (non-hydrogen) atoms. The average molecular weight is 149 g/mol. The van der Waals surface area contributed by atoms with Crippen LogP contribution in [0.2, 0.25) is 0 Å². The minimum absolute atomic E-state index is 0.377. The van der Waals surface area contributed by atoms with Gasteiger partial charge in [0.05, 0.1) is 0 Å². The lowest BCUT2D eigenvalue weighted by atomic mass is 10.3. The molecule has 0 aromatic heterocycles. The molecule has 3 heteroatoms. The highest BCUT2D eigenvalue weighted by atomic mass is 19.3. The van der Waals surface area contributed by atoms with Crippen LogP contribution in [0.1, 0.15) is 12.8 Å². The monoisotopic (exact) mass is 149 g/mol. The Labute approximate surface area is 59.7 Å². The normalized spacial score (nSPS) is 9.50. The van der Waals surface area contributed by atoms with Crippen molar-refractivity contribution in [3.8, 4) is 0 Å². The maximum atomic E-state index is 11.4. The summed E-state index contributed by atoms with van der Waals surface area (Å²) < 4.78 is 27.5. The molecule has 0 spiro atoms. The minimum atomic E-state index is -1.62. The SMILES string of the molecule is [CH2]COCCCC=C(F)F. The molecule has 0 aliphatic heterocycles. The van der Waals surface area contributed by atoms with Crippen LogP contribution in [0.4, 0.5) is 8.78 Å². The van der Waals surface area contributed by atoms with Crippen molar-refractivity contribution >= 4 is 0 Å². The number of halogens is 2. The second-order valence-corrected chi connectivity index (χ2v) is 1.75. The number of unbranched alkanes of at least 4 members (excludes halogenated alkanes) is 1. The Kier molecular flexibility index (Phi) is 6.38. The molecule has 0 heterocycles. The van der Waals surface area contributed by atoms with E-state index in [0.29, 0.717) is 26.1 Å². The van der Waals surface area contributed by atoms with Gasteiger partial charge < -0.3 is 4.74 Å². The molecular formula is C7H11F2O. The molecule has 0 aromatic rings. The van der Waals surface area contributed by atoms with Gasteiger partial charge in [0.2, 0.25) is 0 Å². The largest absolute Gasteiger partial charge is 0.381 e. The molecular weight excluding hydrogens is 138 g/mol. The van der Waals surface area contributed by atoms with Gasteiger partial charge in [-0.2, -0.15) is 8.78 Å². The Hall–Kier alpha value is -0.440. The molecule has 1 radical (unpaired) electrons. The van der Waals surface area contributed by atoms with Crippen molar-refractivity contribution < 1.29 is 13.5 Å². The highest BCUT2D eigenvalue weighted by Crippen LogP contribution is 2.00. The van der Waals surface area contributed by atoms with Gasteiger partial charge >= 0.3 is 0 Å². The topological polar surface area (TPSA) is 9.23 Å². The van der Waals surface area contributed by atoms with Crippen LogP contribution < -0.4 is 0 Å². The molecule has 0 bridgehead atoms. The van der Waals surface area contributed by atoms with Crippen molar-refractivity contribution in [2.75, 3.05) is 13.2 Å². The molecule has 0 fully saturated rings. The van der Waals surface area contributed by atoms with Crippen LogP contribution in [0, 0.1) is 6.92 Å². The summed E-state index contributed by atoms with van der Waals surface area (Å²) in [7, 11) is 0. The predicted molar refractivity (Wildman–Crippen MR) is 35.7 cm³/mol. The van der Waals surface area contributed by atoms with E-state index in [4.69, 9.17) is 4.74 Å². The van der Waals surface area contributed by atoms with E-state index in [0.717, 1.165) is 6.08 Å². The van der Waals surface area contributed by atoms with Crippen LogP contribution in [0.25, 0.3) is 0 Å². The van der Waals surface area contributed by atoms with Crippen molar-refractivity contribution in [1.82, 2.24) is 0 Å². The number of rotatable bonds is 5. The number of ether oxygens (including phenoxy) is 1. The van der Waals surface area contributed by atoms with Gasteiger partial charge in [-0.05, 0) is 25.8 Å². The van der Waals surface area contributed by atoms with Crippen LogP contribution in [0.5, 0.6) is 0 Å². The third-order valence-corrected chi connectivity index (χ3v) is 0.936. The lowest BCUT2D eigenvalue weighted by Crippen LogP contribution is -1.91. The summed E-state index contributed by atoms with van der Waals surface area (Å²) in [6, 6.07) is 0. The first kappa shape index (κ1) is 9.56. The van der Waals surface area contributed by atoms with E-state index in [9.17, 15) is 8.78 Å². The summed E-state index contributed by atoms with van der Waals surface area (Å²) in [6.45, 7) is 4.34. The maximum Gasteiger partial charge on any atom is 0.266 e. The molecule has 0 unspecified atom stereocenters. The average Bonchev–Trinajstić information content (AvgIpc) is 1.87. The Bertz CT molecular complexity index is 97.8. The summed E-state index contributed by atoms with van der Waals surface area (Å²) in [6.07, 6.45) is 0.288. The summed E-state index contributed by atoms with van der Waals surface area (Å²) in [5.74, 6) is 0. The first-order valence-corrected chi connectivity index (χ1v) is 3.15. The van der Waals surface area contributed by atoms with Crippen LogP contribution >= 0.6 is 0 Å². The zero-order valence-corrected chi connectivity index (χ0v) is 5.78. The van der Waals surface area contributed by atoms with Gasteiger partial charge in [0.1, 0.15) is 0 Å². The van der Waals surface area contributed by atoms with E-state index in [1.54, 1.807) is 0 Å². The van der Waals surface area contributed by atoms with Crippen LogP contribution in [-0.4, -0.2) is 13.2 Å². The maximum absolute atomic E-state index is 11.4. The van der Waals surface area contributed by atoms with E-state index < -0.39 is 6.08 Å². The second-order valence-electron chi connectivity index (χ2n) is 1.75. The summed E-state index contributed by atoms with van der Waals surface area (Å²) in [5.41, 5.74) is 0. The number of allylic oxidation sites excluding steroid dienone is 1. The fourth-order valence-electron chi connectivity index (χ4n) is 0.499. The highest BCUT2D eigenvalue weighted by molar-refractivity contribution is 4.79. The summed E-state index contributed by atoms with van der Waals surface area (Å²) >= 11 is 0. The fourth-order valence-corrected chi connectivity index (χ4v) is 0.499. The molecule has 0 aliphatic rings. The fraction of sp³-hybridized carbons (Fsp3) is 0.571. The molecule has 1 nitrogen and oxygen atoms in total. The minimum Gasteiger partial charge on any atom is -0.381 e. The van der Waals surface area contributed by atoms with E-state index in [-0.39, 0.29) is 0 Å². The highest BCUT2D eigenvalue weighted by Gasteiger charge is 1.88. The lowest BCUT2D eigenvalue weighted by Gasteiger charge is -1.95. The van der Waals surface area contributed by atoms with E-state index in [1.807, 2.05) is 0 Å². The third kappa shape index (κ3) is 7.56. The van der Waals surface area contributed by atoms with Crippen molar-refractivity contribution in [3.05, 3.63) is 19.1 Å². The Morgan fingerprint density at radius 2 is 2.20 bits per heavy atom. The van der Waals surface area contributed by atoms with Crippen molar-refractivity contribution in [2.45, 2.75) is 12.8 Å². The van der Waals surface area contributed by atoms with E-state index in [1.165, 1.54) is 0 Å². The smallest absolute Gasteiger partial charge is 0.266 e. The van der Waals surface area contributed by atoms with Gasteiger partial charge in [-0.3, -0.25) is 0 Å². The molecule has 0 amide bonds. The van der Waals surface area contributed by atoms with Gasteiger partial charge in [-0.1, -0.05) is 0 Å². The molecule has 0 saturated heterocycles. The lowest BCUT2D eigenvalue weighted by molar-refractivity contribution is 0.158. The number of hydrogen-bond donors (Lipinski definition) is 0. The standard InChI is InChI=1S/C7H11F2O/c1-2-10-6-4-3-5-7(8)9/h5H,1-4,6H2. The zero-order chi connectivity index (χ0) is 7.82. The quantitative estimate of drug-likeness (QED) is 0.545. The molecule has 0 N–H and O–H groups in total. The summed E-state index contributed by atoms with van der Waals surface area (Å²) in [5, 5.41) is 0. The molecule has 0 saturated carbocycles. The van der Waals surface area contributed by atoms with E-state index in [2.05, 4.69) is 6.92 Å². The van der Waals surface area contributed by atoms with Gasteiger partial charge in [0.15, 0.2) is 0 Å². The Balaban J connectivity index is 2.98. The van der Waals surface area contributed by atoms with Crippen LogP contribution in [-0.2, 0) is 4.74 Å². The van der Waals surface area contributed by atoms with Crippen molar-refractivity contribution in [2.24, 2.45) is 0 Å². The van der Waals surface area contributed by atoms with Gasteiger partial charge in [-0.15, -0.1) is 0 Å². The van der Waals surface area contributed by atoms with E-state index >= 15 is 0 Å².